The van der Waals surface area contributed by atoms with Crippen molar-refractivity contribution in [3.8, 4) is 5.75 Å². The zero-order chi connectivity index (χ0) is 18.1. The molecule has 130 valence electrons. The number of aryl methyl sites for hydroxylation is 4. The molecule has 0 fully saturated rings. The van der Waals surface area contributed by atoms with Crippen LogP contribution in [0, 0.1) is 27.7 Å². The fourth-order valence-electron chi connectivity index (χ4n) is 3.12. The van der Waals surface area contributed by atoms with E-state index < -0.39 is 10.0 Å². The predicted octanol–water partition coefficient (Wildman–Crippen LogP) is 3.97. The predicted molar refractivity (Wildman–Crippen MR) is 97.1 cm³/mol. The Morgan fingerprint density at radius 1 is 0.958 bits per heavy atom. The standard InChI is InChI=1S/C19H25NO3S/c1-12-7-8-18(13(2)9-12)16(5)20-24(21,22)19-14(3)10-17(23-6)11-15(19)4/h7-11,16,20H,1-6H3/t16-/m0/s1. The molecular weight excluding hydrogens is 322 g/mol. The molecule has 0 aliphatic heterocycles. The zero-order valence-corrected chi connectivity index (χ0v) is 15.9. The van der Waals surface area contributed by atoms with E-state index in [9.17, 15) is 8.42 Å². The molecule has 0 bridgehead atoms. The van der Waals surface area contributed by atoms with Gasteiger partial charge in [0.1, 0.15) is 5.75 Å². The molecule has 0 aliphatic rings. The fraction of sp³-hybridized carbons (Fsp3) is 0.368. The number of ether oxygens (including phenoxy) is 1. The van der Waals surface area contributed by atoms with E-state index in [2.05, 4.69) is 10.8 Å². The zero-order valence-electron chi connectivity index (χ0n) is 15.1. The van der Waals surface area contributed by atoms with Gasteiger partial charge in [0.15, 0.2) is 0 Å². The lowest BCUT2D eigenvalue weighted by Crippen LogP contribution is -2.28. The maximum absolute atomic E-state index is 12.9. The van der Waals surface area contributed by atoms with Crippen LogP contribution in [0.2, 0.25) is 0 Å². The highest BCUT2D eigenvalue weighted by molar-refractivity contribution is 7.89. The van der Waals surface area contributed by atoms with Crippen LogP contribution in [-0.2, 0) is 10.0 Å². The maximum atomic E-state index is 12.9. The number of methoxy groups -OCH3 is 1. The van der Waals surface area contributed by atoms with Crippen LogP contribution in [0.15, 0.2) is 35.2 Å². The lowest BCUT2D eigenvalue weighted by Gasteiger charge is -2.19. The Kier molecular flexibility index (Phi) is 5.35. The van der Waals surface area contributed by atoms with Crippen LogP contribution in [0.1, 0.15) is 40.8 Å². The molecule has 4 nitrogen and oxygen atoms in total. The third kappa shape index (κ3) is 3.79. The monoisotopic (exact) mass is 347 g/mol. The van der Waals surface area contributed by atoms with Crippen molar-refractivity contribution in [2.45, 2.75) is 45.6 Å². The Hall–Kier alpha value is -1.85. The summed E-state index contributed by atoms with van der Waals surface area (Å²) < 4.78 is 33.8. The van der Waals surface area contributed by atoms with E-state index in [1.54, 1.807) is 33.1 Å². The quantitative estimate of drug-likeness (QED) is 0.890. The fourth-order valence-corrected chi connectivity index (χ4v) is 4.79. The second-order valence-corrected chi connectivity index (χ2v) is 7.94. The number of nitrogens with one attached hydrogen (secondary N) is 1. The van der Waals surface area contributed by atoms with Gasteiger partial charge in [0.05, 0.1) is 12.0 Å². The third-order valence-electron chi connectivity index (χ3n) is 4.16. The molecule has 0 spiro atoms. The summed E-state index contributed by atoms with van der Waals surface area (Å²) >= 11 is 0. The van der Waals surface area contributed by atoms with E-state index in [-0.39, 0.29) is 6.04 Å². The normalized spacial score (nSPS) is 12.9. The average Bonchev–Trinajstić information content (AvgIpc) is 2.45. The topological polar surface area (TPSA) is 55.4 Å². The molecular formula is C19H25NO3S. The first-order chi connectivity index (χ1) is 11.2. The van der Waals surface area contributed by atoms with Crippen LogP contribution < -0.4 is 9.46 Å². The van der Waals surface area contributed by atoms with Crippen LogP contribution in [0.4, 0.5) is 0 Å². The smallest absolute Gasteiger partial charge is 0.241 e. The van der Waals surface area contributed by atoms with Crippen LogP contribution in [0.3, 0.4) is 0 Å². The van der Waals surface area contributed by atoms with Gasteiger partial charge >= 0.3 is 0 Å². The van der Waals surface area contributed by atoms with Crippen LogP contribution >= 0.6 is 0 Å². The lowest BCUT2D eigenvalue weighted by atomic mass is 10.0. The molecule has 24 heavy (non-hydrogen) atoms. The third-order valence-corrected chi connectivity index (χ3v) is 6.01. The Bertz CT molecular complexity index is 834. The minimum absolute atomic E-state index is 0.309. The first kappa shape index (κ1) is 18.5. The summed E-state index contributed by atoms with van der Waals surface area (Å²) in [5, 5.41) is 0. The van der Waals surface area contributed by atoms with Gasteiger partial charge < -0.3 is 4.74 Å². The molecule has 0 unspecified atom stereocenters. The van der Waals surface area contributed by atoms with Crippen molar-refractivity contribution in [2.24, 2.45) is 0 Å². The summed E-state index contributed by atoms with van der Waals surface area (Å²) in [5.41, 5.74) is 4.56. The van der Waals surface area contributed by atoms with E-state index in [4.69, 9.17) is 4.74 Å². The van der Waals surface area contributed by atoms with Crippen molar-refractivity contribution in [3.05, 3.63) is 58.1 Å². The molecule has 2 rings (SSSR count). The van der Waals surface area contributed by atoms with Crippen molar-refractivity contribution < 1.29 is 13.2 Å². The maximum Gasteiger partial charge on any atom is 0.241 e. The van der Waals surface area contributed by atoms with E-state index in [1.165, 1.54) is 0 Å². The Labute approximate surface area is 144 Å². The van der Waals surface area contributed by atoms with Gasteiger partial charge in [0.2, 0.25) is 10.0 Å². The van der Waals surface area contributed by atoms with Crippen LogP contribution in [-0.4, -0.2) is 15.5 Å². The molecule has 0 heterocycles. The first-order valence-corrected chi connectivity index (χ1v) is 9.38. The van der Waals surface area contributed by atoms with Gasteiger partial charge in [0, 0.05) is 6.04 Å². The number of hydrogen-bond donors (Lipinski definition) is 1. The second kappa shape index (κ2) is 6.95. The average molecular weight is 347 g/mol. The minimum Gasteiger partial charge on any atom is -0.497 e. The molecule has 0 aliphatic carbocycles. The molecule has 0 saturated carbocycles. The van der Waals surface area contributed by atoms with Gasteiger partial charge in [-0.2, -0.15) is 0 Å². The number of rotatable bonds is 5. The molecule has 0 aromatic heterocycles. The SMILES string of the molecule is COc1cc(C)c(S(=O)(=O)N[C@@H](C)c2ccc(C)cc2C)c(C)c1. The largest absolute Gasteiger partial charge is 0.497 e. The van der Waals surface area contributed by atoms with Crippen LogP contribution in [0.5, 0.6) is 5.75 Å². The van der Waals surface area contributed by atoms with Gasteiger partial charge in [-0.3, -0.25) is 0 Å². The number of hydrogen-bond acceptors (Lipinski definition) is 3. The highest BCUT2D eigenvalue weighted by Gasteiger charge is 2.23. The van der Waals surface area contributed by atoms with Gasteiger partial charge in [-0.15, -0.1) is 0 Å². The molecule has 5 heteroatoms. The molecule has 2 aromatic carbocycles. The summed E-state index contributed by atoms with van der Waals surface area (Å²) in [5.74, 6) is 0.659. The van der Waals surface area contributed by atoms with Gasteiger partial charge in [-0.1, -0.05) is 23.8 Å². The Balaban J connectivity index is 2.38. The van der Waals surface area contributed by atoms with Gasteiger partial charge in [-0.25, -0.2) is 13.1 Å². The van der Waals surface area contributed by atoms with E-state index in [0.717, 1.165) is 16.7 Å². The van der Waals surface area contributed by atoms with Gasteiger partial charge in [0.25, 0.3) is 0 Å². The molecule has 1 atom stereocenters. The van der Waals surface area contributed by atoms with Crippen molar-refractivity contribution >= 4 is 10.0 Å². The van der Waals surface area contributed by atoms with Crippen molar-refractivity contribution in [1.82, 2.24) is 4.72 Å². The minimum atomic E-state index is -3.63. The highest BCUT2D eigenvalue weighted by atomic mass is 32.2. The Morgan fingerprint density at radius 3 is 2.04 bits per heavy atom. The summed E-state index contributed by atoms with van der Waals surface area (Å²) in [6.45, 7) is 9.45. The molecule has 0 amide bonds. The second-order valence-electron chi connectivity index (χ2n) is 6.29. The van der Waals surface area contributed by atoms with E-state index >= 15 is 0 Å². The summed E-state index contributed by atoms with van der Waals surface area (Å²) in [7, 11) is -2.05. The summed E-state index contributed by atoms with van der Waals surface area (Å²) in [4.78, 5) is 0.319. The van der Waals surface area contributed by atoms with Gasteiger partial charge in [-0.05, 0) is 69.0 Å². The van der Waals surface area contributed by atoms with Crippen molar-refractivity contribution in [1.29, 1.82) is 0 Å². The number of sulfonamides is 1. The van der Waals surface area contributed by atoms with E-state index in [1.807, 2.05) is 32.9 Å². The van der Waals surface area contributed by atoms with Crippen LogP contribution in [0.25, 0.3) is 0 Å². The highest BCUT2D eigenvalue weighted by Crippen LogP contribution is 2.27. The molecule has 0 saturated heterocycles. The van der Waals surface area contributed by atoms with Crippen molar-refractivity contribution in [2.75, 3.05) is 7.11 Å². The van der Waals surface area contributed by atoms with Crippen molar-refractivity contribution in [3.63, 3.8) is 0 Å². The molecule has 0 radical (unpaired) electrons. The first-order valence-electron chi connectivity index (χ1n) is 7.90. The lowest BCUT2D eigenvalue weighted by molar-refractivity contribution is 0.413. The molecule has 2 aromatic rings. The molecule has 1 N–H and O–H groups in total. The summed E-state index contributed by atoms with van der Waals surface area (Å²) in [6.07, 6.45) is 0. The van der Waals surface area contributed by atoms with E-state index in [0.29, 0.717) is 21.8 Å². The summed E-state index contributed by atoms with van der Waals surface area (Å²) in [6, 6.07) is 9.20. The Morgan fingerprint density at radius 2 is 1.54 bits per heavy atom. The number of benzene rings is 2.